The zero-order valence-corrected chi connectivity index (χ0v) is 18.8. The maximum absolute atomic E-state index is 12.9. The third-order valence-electron chi connectivity index (χ3n) is 4.83. The Bertz CT molecular complexity index is 1110. The molecule has 0 aliphatic carbocycles. The van der Waals surface area contributed by atoms with E-state index in [-0.39, 0.29) is 22.4 Å². The number of carbonyl (C=O) groups is 2. The van der Waals surface area contributed by atoms with Crippen LogP contribution in [0.15, 0.2) is 41.3 Å². The Labute approximate surface area is 185 Å². The van der Waals surface area contributed by atoms with Crippen molar-refractivity contribution >= 4 is 56.4 Å². The van der Waals surface area contributed by atoms with Crippen LogP contribution in [-0.4, -0.2) is 44.7 Å². The molecule has 0 radical (unpaired) electrons. The van der Waals surface area contributed by atoms with Gasteiger partial charge in [0.2, 0.25) is 21.8 Å². The number of hydrogen-bond donors (Lipinski definition) is 1. The maximum atomic E-state index is 12.9. The zero-order valence-electron chi connectivity index (χ0n) is 16.5. The Morgan fingerprint density at radius 3 is 2.53 bits per heavy atom. The Balaban J connectivity index is 1.75. The van der Waals surface area contributed by atoms with Gasteiger partial charge in [0.1, 0.15) is 0 Å². The van der Waals surface area contributed by atoms with Crippen molar-refractivity contribution in [3.05, 3.63) is 52.0 Å². The monoisotopic (exact) mass is 469 g/mol. The number of nitrogens with zero attached hydrogens (tertiary/aromatic N) is 2. The van der Waals surface area contributed by atoms with Gasteiger partial charge in [0, 0.05) is 31.9 Å². The largest absolute Gasteiger partial charge is 0.325 e. The van der Waals surface area contributed by atoms with Gasteiger partial charge >= 0.3 is 0 Å². The van der Waals surface area contributed by atoms with Crippen LogP contribution in [0.3, 0.4) is 0 Å². The fraction of sp³-hybridized carbons (Fsp3) is 0.300. The van der Waals surface area contributed by atoms with E-state index in [1.54, 1.807) is 23.1 Å². The predicted molar refractivity (Wildman–Crippen MR) is 118 cm³/mol. The van der Waals surface area contributed by atoms with E-state index in [0.29, 0.717) is 23.7 Å². The Morgan fingerprint density at radius 2 is 1.87 bits per heavy atom. The summed E-state index contributed by atoms with van der Waals surface area (Å²) in [7, 11) is -2.55. The third-order valence-corrected chi connectivity index (χ3v) is 7.37. The van der Waals surface area contributed by atoms with Gasteiger partial charge in [0.05, 0.1) is 21.5 Å². The Hall–Kier alpha value is -2.13. The van der Waals surface area contributed by atoms with Crippen molar-refractivity contribution in [1.29, 1.82) is 0 Å². The van der Waals surface area contributed by atoms with Crippen molar-refractivity contribution in [1.82, 2.24) is 4.31 Å². The SMILES string of the molecule is CC(=O)N1CCCc2cc(S(=O)(=O)N(C)CC(=O)Nc3ccc(Cl)c(Cl)c3)ccc21. The molecule has 2 aromatic rings. The van der Waals surface area contributed by atoms with Crippen molar-refractivity contribution in [3.8, 4) is 0 Å². The van der Waals surface area contributed by atoms with Crippen molar-refractivity contribution in [2.45, 2.75) is 24.7 Å². The minimum Gasteiger partial charge on any atom is -0.325 e. The normalized spacial score (nSPS) is 13.8. The molecule has 0 unspecified atom stereocenters. The van der Waals surface area contributed by atoms with Crippen LogP contribution in [0, 0.1) is 0 Å². The molecule has 1 heterocycles. The van der Waals surface area contributed by atoms with Crippen LogP contribution in [0.25, 0.3) is 0 Å². The number of likely N-dealkylation sites (N-methyl/N-ethyl adjacent to an activating group) is 1. The molecular formula is C20H21Cl2N3O4S. The first-order valence-electron chi connectivity index (χ1n) is 9.22. The standard InChI is InChI=1S/C20H21Cl2N3O4S/c1-13(26)25-9-3-4-14-10-16(6-8-19(14)25)30(28,29)24(2)12-20(27)23-15-5-7-17(21)18(22)11-15/h5-8,10-11H,3-4,9,12H2,1-2H3,(H,23,27). The second-order valence-corrected chi connectivity index (χ2v) is 9.86. The average Bonchev–Trinajstić information content (AvgIpc) is 2.69. The van der Waals surface area contributed by atoms with Crippen LogP contribution in [0.1, 0.15) is 18.9 Å². The van der Waals surface area contributed by atoms with E-state index in [1.165, 1.54) is 32.2 Å². The highest BCUT2D eigenvalue weighted by Gasteiger charge is 2.26. The fourth-order valence-corrected chi connectivity index (χ4v) is 4.78. The first kappa shape index (κ1) is 22.6. The van der Waals surface area contributed by atoms with Gasteiger partial charge in [-0.1, -0.05) is 23.2 Å². The molecule has 2 amide bonds. The first-order valence-corrected chi connectivity index (χ1v) is 11.4. The van der Waals surface area contributed by atoms with Crippen molar-refractivity contribution in [2.24, 2.45) is 0 Å². The number of sulfonamides is 1. The molecule has 0 aromatic heterocycles. The summed E-state index contributed by atoms with van der Waals surface area (Å²) >= 11 is 11.8. The van der Waals surface area contributed by atoms with E-state index in [2.05, 4.69) is 5.32 Å². The molecule has 1 N–H and O–H groups in total. The topological polar surface area (TPSA) is 86.8 Å². The summed E-state index contributed by atoms with van der Waals surface area (Å²) in [5, 5.41) is 3.23. The van der Waals surface area contributed by atoms with Gasteiger partial charge in [0.15, 0.2) is 0 Å². The molecule has 1 aliphatic heterocycles. The van der Waals surface area contributed by atoms with Crippen molar-refractivity contribution in [2.75, 3.05) is 30.4 Å². The number of nitrogens with one attached hydrogen (secondary N) is 1. The third kappa shape index (κ3) is 4.78. The summed E-state index contributed by atoms with van der Waals surface area (Å²) in [6.45, 7) is 1.72. The van der Waals surface area contributed by atoms with Crippen LogP contribution < -0.4 is 10.2 Å². The molecule has 0 fully saturated rings. The second-order valence-electron chi connectivity index (χ2n) is 7.00. The van der Waals surface area contributed by atoms with Crippen molar-refractivity contribution in [3.63, 3.8) is 0 Å². The Kier molecular flexibility index (Phi) is 6.71. The number of halogens is 2. The second kappa shape index (κ2) is 8.93. The minimum absolute atomic E-state index is 0.0801. The van der Waals surface area contributed by atoms with E-state index in [4.69, 9.17) is 23.2 Å². The van der Waals surface area contributed by atoms with Gasteiger partial charge in [-0.2, -0.15) is 4.31 Å². The summed E-state index contributed by atoms with van der Waals surface area (Å²) in [4.78, 5) is 25.8. The number of amides is 2. The lowest BCUT2D eigenvalue weighted by Gasteiger charge is -2.29. The van der Waals surface area contributed by atoms with Crippen LogP contribution in [0.2, 0.25) is 10.0 Å². The van der Waals surface area contributed by atoms with E-state index in [1.807, 2.05) is 0 Å². The minimum atomic E-state index is -3.89. The molecule has 0 saturated carbocycles. The molecule has 160 valence electrons. The summed E-state index contributed by atoms with van der Waals surface area (Å²) in [5.74, 6) is -0.595. The lowest BCUT2D eigenvalue weighted by atomic mass is 10.0. The quantitative estimate of drug-likeness (QED) is 0.724. The summed E-state index contributed by atoms with van der Waals surface area (Å²) in [6, 6.07) is 9.28. The predicted octanol–water partition coefficient (Wildman–Crippen LogP) is 3.55. The van der Waals surface area contributed by atoms with Crippen LogP contribution >= 0.6 is 23.2 Å². The van der Waals surface area contributed by atoms with Gasteiger partial charge < -0.3 is 10.2 Å². The molecular weight excluding hydrogens is 449 g/mol. The lowest BCUT2D eigenvalue weighted by Crippen LogP contribution is -2.36. The van der Waals surface area contributed by atoms with Crippen LogP contribution in [0.5, 0.6) is 0 Å². The Morgan fingerprint density at radius 1 is 1.13 bits per heavy atom. The molecule has 3 rings (SSSR count). The molecule has 7 nitrogen and oxygen atoms in total. The van der Waals surface area contributed by atoms with E-state index in [0.717, 1.165) is 22.0 Å². The van der Waals surface area contributed by atoms with E-state index in [9.17, 15) is 18.0 Å². The lowest BCUT2D eigenvalue weighted by molar-refractivity contribution is -0.117. The molecule has 0 atom stereocenters. The highest BCUT2D eigenvalue weighted by Crippen LogP contribution is 2.30. The smallest absolute Gasteiger partial charge is 0.243 e. The number of anilines is 2. The molecule has 0 spiro atoms. The van der Waals surface area contributed by atoms with E-state index < -0.39 is 15.9 Å². The average molecular weight is 470 g/mol. The fourth-order valence-electron chi connectivity index (χ4n) is 3.30. The van der Waals surface area contributed by atoms with Gasteiger partial charge in [-0.15, -0.1) is 0 Å². The summed E-state index contributed by atoms with van der Waals surface area (Å²) < 4.78 is 26.9. The number of hydrogen-bond acceptors (Lipinski definition) is 4. The van der Waals surface area contributed by atoms with Gasteiger partial charge in [-0.05, 0) is 54.8 Å². The molecule has 2 aromatic carbocycles. The number of rotatable bonds is 5. The zero-order chi connectivity index (χ0) is 22.1. The molecule has 0 bridgehead atoms. The number of fused-ring (bicyclic) bond motifs is 1. The highest BCUT2D eigenvalue weighted by atomic mass is 35.5. The summed E-state index contributed by atoms with van der Waals surface area (Å²) in [5.41, 5.74) is 1.94. The maximum Gasteiger partial charge on any atom is 0.243 e. The van der Waals surface area contributed by atoms with Crippen LogP contribution in [-0.2, 0) is 26.0 Å². The summed E-state index contributed by atoms with van der Waals surface area (Å²) in [6.07, 6.45) is 1.45. The van der Waals surface area contributed by atoms with E-state index >= 15 is 0 Å². The number of benzene rings is 2. The van der Waals surface area contributed by atoms with Gasteiger partial charge in [-0.25, -0.2) is 8.42 Å². The first-order chi connectivity index (χ1) is 14.1. The molecule has 0 saturated heterocycles. The van der Waals surface area contributed by atoms with Crippen molar-refractivity contribution < 1.29 is 18.0 Å². The molecule has 10 heteroatoms. The molecule has 30 heavy (non-hydrogen) atoms. The molecule has 1 aliphatic rings. The van der Waals surface area contributed by atoms with Crippen LogP contribution in [0.4, 0.5) is 11.4 Å². The van der Waals surface area contributed by atoms with Gasteiger partial charge in [0.25, 0.3) is 0 Å². The van der Waals surface area contributed by atoms with Gasteiger partial charge in [-0.3, -0.25) is 9.59 Å². The number of carbonyl (C=O) groups excluding carboxylic acids is 2. The number of aryl methyl sites for hydroxylation is 1. The highest BCUT2D eigenvalue weighted by molar-refractivity contribution is 7.89.